The minimum atomic E-state index is 0.0485. The van der Waals surface area contributed by atoms with E-state index in [1.165, 1.54) is 0 Å². The first-order valence-electron chi connectivity index (χ1n) is 8.86. The summed E-state index contributed by atoms with van der Waals surface area (Å²) in [6, 6.07) is 13.6. The van der Waals surface area contributed by atoms with Gasteiger partial charge >= 0.3 is 0 Å². The number of carbonyl (C=O) groups is 2. The predicted molar refractivity (Wildman–Crippen MR) is 106 cm³/mol. The highest BCUT2D eigenvalue weighted by molar-refractivity contribution is 5.96. The Hall–Kier alpha value is -3.25. The topological polar surface area (TPSA) is 88.3 Å². The van der Waals surface area contributed by atoms with Crippen LogP contribution in [0.4, 0.5) is 11.5 Å². The number of benzene rings is 2. The van der Waals surface area contributed by atoms with Crippen LogP contribution in [0.3, 0.4) is 0 Å². The van der Waals surface area contributed by atoms with E-state index in [1.807, 2.05) is 49.4 Å². The molecule has 6 nitrogen and oxygen atoms in total. The van der Waals surface area contributed by atoms with Crippen molar-refractivity contribution in [3.05, 3.63) is 54.2 Å². The summed E-state index contributed by atoms with van der Waals surface area (Å²) in [5.41, 5.74) is 3.72. The summed E-state index contributed by atoms with van der Waals surface area (Å²) in [7, 11) is 0. The number of nitrogens with zero attached hydrogens (tertiary/aromatic N) is 2. The molecule has 0 radical (unpaired) electrons. The molecule has 1 heterocycles. The molecule has 2 amide bonds. The molecule has 6 heteroatoms. The van der Waals surface area contributed by atoms with Crippen molar-refractivity contribution >= 4 is 34.6 Å². The van der Waals surface area contributed by atoms with Gasteiger partial charge in [-0.3, -0.25) is 14.6 Å². The molecule has 27 heavy (non-hydrogen) atoms. The third-order valence-corrected chi connectivity index (χ3v) is 4.87. The average Bonchev–Trinajstić information content (AvgIpc) is 3.53. The lowest BCUT2D eigenvalue weighted by molar-refractivity contribution is -0.117. The Morgan fingerprint density at radius 2 is 2.00 bits per heavy atom. The van der Waals surface area contributed by atoms with Crippen LogP contribution < -0.4 is 16.2 Å². The monoisotopic (exact) mass is 360 g/mol. The zero-order chi connectivity index (χ0) is 19.0. The van der Waals surface area contributed by atoms with E-state index >= 15 is 0 Å². The number of carbonyl (C=O) groups excluding carboxylic acids is 2. The second-order valence-corrected chi connectivity index (χ2v) is 6.91. The predicted octanol–water partition coefficient (Wildman–Crippen LogP) is 3.40. The minimum Gasteiger partial charge on any atom is -0.310 e. The Labute approximate surface area is 157 Å². The van der Waals surface area contributed by atoms with Crippen LogP contribution in [0.15, 0.2) is 48.7 Å². The van der Waals surface area contributed by atoms with Crippen molar-refractivity contribution in [2.75, 3.05) is 10.3 Å². The van der Waals surface area contributed by atoms with Gasteiger partial charge in [0.25, 0.3) is 0 Å². The van der Waals surface area contributed by atoms with Crippen LogP contribution in [-0.2, 0) is 9.59 Å². The van der Waals surface area contributed by atoms with Gasteiger partial charge in [0.1, 0.15) is 5.82 Å². The van der Waals surface area contributed by atoms with Crippen LogP contribution in [0, 0.1) is 12.8 Å². The molecule has 3 aromatic rings. The summed E-state index contributed by atoms with van der Waals surface area (Å²) < 4.78 is 0. The van der Waals surface area contributed by atoms with Gasteiger partial charge in [-0.25, -0.2) is 10.8 Å². The lowest BCUT2D eigenvalue weighted by Gasteiger charge is -2.14. The van der Waals surface area contributed by atoms with E-state index in [0.717, 1.165) is 45.3 Å². The SMILES string of the molecule is Cc1ccc(N(N)C=O)cc1-c1ccc2cc(NC(=O)C3CC3)ncc2c1. The van der Waals surface area contributed by atoms with Gasteiger partial charge in [-0.1, -0.05) is 18.2 Å². The molecule has 1 aliphatic carbocycles. The van der Waals surface area contributed by atoms with Gasteiger partial charge in [0, 0.05) is 17.5 Å². The third kappa shape index (κ3) is 3.52. The summed E-state index contributed by atoms with van der Waals surface area (Å²) in [5, 5.41) is 5.91. The lowest BCUT2D eigenvalue weighted by atomic mass is 9.97. The number of amides is 2. The molecule has 136 valence electrons. The van der Waals surface area contributed by atoms with Crippen molar-refractivity contribution in [1.29, 1.82) is 0 Å². The van der Waals surface area contributed by atoms with Crippen molar-refractivity contribution in [3.8, 4) is 11.1 Å². The maximum atomic E-state index is 11.9. The van der Waals surface area contributed by atoms with E-state index in [1.54, 1.807) is 6.20 Å². The van der Waals surface area contributed by atoms with Crippen LogP contribution in [0.1, 0.15) is 18.4 Å². The fourth-order valence-corrected chi connectivity index (χ4v) is 3.09. The summed E-state index contributed by atoms with van der Waals surface area (Å²) in [6.07, 6.45) is 4.27. The quantitative estimate of drug-likeness (QED) is 0.316. The van der Waals surface area contributed by atoms with Crippen LogP contribution in [0.25, 0.3) is 21.9 Å². The third-order valence-electron chi connectivity index (χ3n) is 4.87. The Balaban J connectivity index is 1.67. The zero-order valence-corrected chi connectivity index (χ0v) is 15.0. The molecule has 0 atom stereocenters. The number of nitrogens with one attached hydrogen (secondary N) is 1. The normalized spacial score (nSPS) is 13.4. The number of anilines is 2. The fraction of sp³-hybridized carbons (Fsp3) is 0.190. The van der Waals surface area contributed by atoms with Gasteiger partial charge in [0.15, 0.2) is 0 Å². The van der Waals surface area contributed by atoms with Gasteiger partial charge in [0.05, 0.1) is 5.69 Å². The molecule has 0 bridgehead atoms. The van der Waals surface area contributed by atoms with E-state index in [2.05, 4.69) is 10.3 Å². The number of hydrogen-bond acceptors (Lipinski definition) is 4. The Kier molecular flexibility index (Phi) is 4.33. The molecule has 0 saturated heterocycles. The lowest BCUT2D eigenvalue weighted by Crippen LogP contribution is -2.28. The fourth-order valence-electron chi connectivity index (χ4n) is 3.09. The molecule has 2 aromatic carbocycles. The Bertz CT molecular complexity index is 1040. The number of rotatable bonds is 5. The number of nitrogens with two attached hydrogens (primary N) is 1. The van der Waals surface area contributed by atoms with Gasteiger partial charge < -0.3 is 5.32 Å². The Morgan fingerprint density at radius 1 is 1.19 bits per heavy atom. The number of hydrazine groups is 1. The molecule has 1 fully saturated rings. The highest BCUT2D eigenvalue weighted by atomic mass is 16.2. The maximum Gasteiger partial charge on any atom is 0.228 e. The minimum absolute atomic E-state index is 0.0485. The molecule has 1 saturated carbocycles. The van der Waals surface area contributed by atoms with Crippen molar-refractivity contribution in [2.45, 2.75) is 19.8 Å². The second-order valence-electron chi connectivity index (χ2n) is 6.91. The number of fused-ring (bicyclic) bond motifs is 1. The van der Waals surface area contributed by atoms with Gasteiger partial charge in [0.2, 0.25) is 12.3 Å². The molecule has 1 aliphatic rings. The van der Waals surface area contributed by atoms with E-state index in [4.69, 9.17) is 5.84 Å². The summed E-state index contributed by atoms with van der Waals surface area (Å²) in [4.78, 5) is 27.2. The molecular formula is C21H20N4O2. The van der Waals surface area contributed by atoms with Gasteiger partial charge in [-0.2, -0.15) is 0 Å². The summed E-state index contributed by atoms with van der Waals surface area (Å²) >= 11 is 0. The molecule has 1 aromatic heterocycles. The number of aromatic nitrogens is 1. The first-order chi connectivity index (χ1) is 13.0. The first-order valence-corrected chi connectivity index (χ1v) is 8.86. The number of hydrogen-bond donors (Lipinski definition) is 2. The molecule has 0 unspecified atom stereocenters. The van der Waals surface area contributed by atoms with Gasteiger partial charge in [-0.15, -0.1) is 0 Å². The smallest absolute Gasteiger partial charge is 0.228 e. The molecule has 0 spiro atoms. The van der Waals surface area contributed by atoms with E-state index in [-0.39, 0.29) is 11.8 Å². The van der Waals surface area contributed by atoms with Crippen molar-refractivity contribution in [1.82, 2.24) is 4.98 Å². The van der Waals surface area contributed by atoms with Crippen molar-refractivity contribution in [2.24, 2.45) is 11.8 Å². The maximum absolute atomic E-state index is 11.9. The molecule has 4 rings (SSSR count). The largest absolute Gasteiger partial charge is 0.310 e. The highest BCUT2D eigenvalue weighted by Gasteiger charge is 2.29. The standard InChI is InChI=1S/C21H20N4O2/c1-13-2-7-18(25(22)12-26)10-19(13)16-6-5-15-9-20(23-11-17(15)8-16)24-21(27)14-3-4-14/h2,5-12,14H,3-4,22H2,1H3,(H,23,24,27). The van der Waals surface area contributed by atoms with Crippen LogP contribution in [0.5, 0.6) is 0 Å². The van der Waals surface area contributed by atoms with Crippen LogP contribution in [0.2, 0.25) is 0 Å². The summed E-state index contributed by atoms with van der Waals surface area (Å²) in [6.45, 7) is 2.01. The first kappa shape index (κ1) is 17.2. The van der Waals surface area contributed by atoms with E-state index < -0.39 is 0 Å². The number of aryl methyl sites for hydroxylation is 1. The van der Waals surface area contributed by atoms with Crippen LogP contribution >= 0.6 is 0 Å². The second kappa shape index (κ2) is 6.81. The van der Waals surface area contributed by atoms with Gasteiger partial charge in [-0.05, 0) is 66.1 Å². The molecule has 3 N–H and O–H groups in total. The summed E-state index contributed by atoms with van der Waals surface area (Å²) in [5.74, 6) is 6.46. The zero-order valence-electron chi connectivity index (χ0n) is 15.0. The van der Waals surface area contributed by atoms with E-state index in [0.29, 0.717) is 17.9 Å². The van der Waals surface area contributed by atoms with Crippen molar-refractivity contribution in [3.63, 3.8) is 0 Å². The molecule has 0 aliphatic heterocycles. The molecular weight excluding hydrogens is 340 g/mol. The average molecular weight is 360 g/mol. The highest BCUT2D eigenvalue weighted by Crippen LogP contribution is 2.32. The van der Waals surface area contributed by atoms with E-state index in [9.17, 15) is 9.59 Å². The van der Waals surface area contributed by atoms with Crippen molar-refractivity contribution < 1.29 is 9.59 Å². The number of pyridine rings is 1. The van der Waals surface area contributed by atoms with Crippen LogP contribution in [-0.4, -0.2) is 17.3 Å². The Morgan fingerprint density at radius 3 is 2.74 bits per heavy atom.